The molecule has 0 aliphatic heterocycles. The molecule has 1 aliphatic carbocycles. The molecule has 4 heteroatoms. The Morgan fingerprint density at radius 2 is 2.31 bits per heavy atom. The van der Waals surface area contributed by atoms with Gasteiger partial charge in [0.2, 0.25) is 5.91 Å². The van der Waals surface area contributed by atoms with Gasteiger partial charge in [-0.25, -0.2) is 0 Å². The molecule has 1 rings (SSSR count). The second kappa shape index (κ2) is 5.64. The number of ether oxygens (including phenoxy) is 1. The van der Waals surface area contributed by atoms with Crippen LogP contribution in [0.2, 0.25) is 0 Å². The predicted octanol–water partition coefficient (Wildman–Crippen LogP) is 1.17. The number of amides is 1. The first-order valence-corrected chi connectivity index (χ1v) is 6.21. The van der Waals surface area contributed by atoms with Gasteiger partial charge >= 0.3 is 0 Å². The van der Waals surface area contributed by atoms with E-state index in [1.54, 1.807) is 0 Å². The second-order valence-electron chi connectivity index (χ2n) is 4.87. The van der Waals surface area contributed by atoms with Gasteiger partial charge in [0.15, 0.2) is 0 Å². The van der Waals surface area contributed by atoms with E-state index >= 15 is 0 Å². The average Bonchev–Trinajstić information content (AvgIpc) is 2.61. The quantitative estimate of drug-likeness (QED) is 0.716. The van der Waals surface area contributed by atoms with Gasteiger partial charge < -0.3 is 16.2 Å². The highest BCUT2D eigenvalue weighted by Crippen LogP contribution is 2.35. The predicted molar refractivity (Wildman–Crippen MR) is 63.8 cm³/mol. The largest absolute Gasteiger partial charge is 0.379 e. The summed E-state index contributed by atoms with van der Waals surface area (Å²) in [5, 5.41) is 0. The summed E-state index contributed by atoms with van der Waals surface area (Å²) in [4.78, 5) is 11.3. The van der Waals surface area contributed by atoms with Crippen LogP contribution in [0.5, 0.6) is 0 Å². The van der Waals surface area contributed by atoms with Gasteiger partial charge in [-0.05, 0) is 38.5 Å². The molecular formula is C12H24N2O2. The molecule has 4 nitrogen and oxygen atoms in total. The van der Waals surface area contributed by atoms with Crippen LogP contribution >= 0.6 is 0 Å². The lowest BCUT2D eigenvalue weighted by atomic mass is 9.85. The van der Waals surface area contributed by atoms with E-state index in [0.29, 0.717) is 6.61 Å². The fourth-order valence-electron chi connectivity index (χ4n) is 2.36. The van der Waals surface area contributed by atoms with Gasteiger partial charge in [0.25, 0.3) is 0 Å². The highest BCUT2D eigenvalue weighted by molar-refractivity contribution is 5.85. The summed E-state index contributed by atoms with van der Waals surface area (Å²) in [6, 6.07) is 0. The van der Waals surface area contributed by atoms with Crippen molar-refractivity contribution in [3.8, 4) is 0 Å². The number of primary amides is 1. The monoisotopic (exact) mass is 228 g/mol. The molecule has 1 amide bonds. The Morgan fingerprint density at radius 1 is 1.62 bits per heavy atom. The van der Waals surface area contributed by atoms with E-state index in [4.69, 9.17) is 16.2 Å². The van der Waals surface area contributed by atoms with Crippen LogP contribution in [0.3, 0.4) is 0 Å². The van der Waals surface area contributed by atoms with Gasteiger partial charge in [0, 0.05) is 6.61 Å². The Hall–Kier alpha value is -0.610. The molecule has 0 radical (unpaired) electrons. The fourth-order valence-corrected chi connectivity index (χ4v) is 2.36. The zero-order valence-corrected chi connectivity index (χ0v) is 10.4. The van der Waals surface area contributed by atoms with Crippen molar-refractivity contribution in [2.75, 3.05) is 6.61 Å². The molecular weight excluding hydrogens is 204 g/mol. The summed E-state index contributed by atoms with van der Waals surface area (Å²) in [5.74, 6) is -0.174. The Bertz CT molecular complexity index is 245. The van der Waals surface area contributed by atoms with E-state index in [0.717, 1.165) is 32.1 Å². The maximum atomic E-state index is 11.3. The molecule has 0 bridgehead atoms. The minimum absolute atomic E-state index is 0.189. The number of carbonyl (C=O) groups is 1. The summed E-state index contributed by atoms with van der Waals surface area (Å²) in [7, 11) is 0. The lowest BCUT2D eigenvalue weighted by Crippen LogP contribution is -2.54. The molecule has 3 atom stereocenters. The summed E-state index contributed by atoms with van der Waals surface area (Å²) in [6.07, 6.45) is 4.83. The van der Waals surface area contributed by atoms with Crippen molar-refractivity contribution in [3.05, 3.63) is 0 Å². The van der Waals surface area contributed by atoms with Crippen molar-refractivity contribution in [2.45, 2.75) is 57.6 Å². The van der Waals surface area contributed by atoms with Crippen LogP contribution in [0.4, 0.5) is 0 Å². The van der Waals surface area contributed by atoms with Crippen molar-refractivity contribution in [1.29, 1.82) is 0 Å². The number of rotatable bonds is 6. The summed E-state index contributed by atoms with van der Waals surface area (Å²) in [5.41, 5.74) is 10.6. The second-order valence-corrected chi connectivity index (χ2v) is 4.87. The molecule has 0 saturated heterocycles. The van der Waals surface area contributed by atoms with Crippen molar-refractivity contribution in [3.63, 3.8) is 0 Å². The molecule has 1 aliphatic rings. The molecule has 0 heterocycles. The molecule has 1 saturated carbocycles. The molecule has 0 aromatic heterocycles. The van der Waals surface area contributed by atoms with Crippen LogP contribution in [0.1, 0.15) is 46.0 Å². The van der Waals surface area contributed by atoms with E-state index in [-0.39, 0.29) is 17.9 Å². The molecule has 4 N–H and O–H groups in total. The van der Waals surface area contributed by atoms with Crippen molar-refractivity contribution >= 4 is 5.91 Å². The van der Waals surface area contributed by atoms with Crippen LogP contribution in [-0.2, 0) is 9.53 Å². The molecule has 3 unspecified atom stereocenters. The van der Waals surface area contributed by atoms with E-state index in [1.165, 1.54) is 0 Å². The smallest absolute Gasteiger partial charge is 0.237 e. The van der Waals surface area contributed by atoms with Crippen LogP contribution in [0.25, 0.3) is 0 Å². The highest BCUT2D eigenvalue weighted by atomic mass is 16.5. The third-order valence-corrected chi connectivity index (χ3v) is 3.77. The first-order chi connectivity index (χ1) is 7.50. The van der Waals surface area contributed by atoms with Crippen LogP contribution in [0, 0.1) is 5.92 Å². The normalized spacial score (nSPS) is 31.6. The van der Waals surface area contributed by atoms with Gasteiger partial charge in [-0.2, -0.15) is 0 Å². The van der Waals surface area contributed by atoms with Crippen molar-refractivity contribution in [1.82, 2.24) is 0 Å². The van der Waals surface area contributed by atoms with Crippen molar-refractivity contribution in [2.24, 2.45) is 17.4 Å². The van der Waals surface area contributed by atoms with Crippen LogP contribution < -0.4 is 11.5 Å². The summed E-state index contributed by atoms with van der Waals surface area (Å²) >= 11 is 0. The third kappa shape index (κ3) is 2.95. The lowest BCUT2D eigenvalue weighted by molar-refractivity contribution is -0.124. The van der Waals surface area contributed by atoms with Gasteiger partial charge in [-0.3, -0.25) is 4.79 Å². The highest BCUT2D eigenvalue weighted by Gasteiger charge is 2.43. The third-order valence-electron chi connectivity index (χ3n) is 3.77. The minimum Gasteiger partial charge on any atom is -0.379 e. The maximum Gasteiger partial charge on any atom is 0.237 e. The summed E-state index contributed by atoms with van der Waals surface area (Å²) in [6.45, 7) is 4.82. The average molecular weight is 228 g/mol. The first-order valence-electron chi connectivity index (χ1n) is 6.21. The first kappa shape index (κ1) is 13.5. The Kier molecular flexibility index (Phi) is 4.74. The number of nitrogens with two attached hydrogens (primary N) is 2. The zero-order chi connectivity index (χ0) is 12.2. The van der Waals surface area contributed by atoms with Crippen molar-refractivity contribution < 1.29 is 9.53 Å². The summed E-state index contributed by atoms with van der Waals surface area (Å²) < 4.78 is 5.62. The van der Waals surface area contributed by atoms with E-state index < -0.39 is 5.54 Å². The Labute approximate surface area is 97.7 Å². The molecule has 0 aromatic carbocycles. The SMILES string of the molecule is CCC(C)OCCC1CCCC1(N)C(N)=O. The molecule has 0 aromatic rings. The standard InChI is InChI=1S/C12H24N2O2/c1-3-9(2)16-8-6-10-5-4-7-12(10,14)11(13)15/h9-10H,3-8,14H2,1-2H3,(H2,13,15). The Morgan fingerprint density at radius 3 is 2.88 bits per heavy atom. The van der Waals surface area contributed by atoms with E-state index in [9.17, 15) is 4.79 Å². The molecule has 94 valence electrons. The topological polar surface area (TPSA) is 78.3 Å². The molecule has 1 fully saturated rings. The number of hydrogen-bond acceptors (Lipinski definition) is 3. The van der Waals surface area contributed by atoms with E-state index in [2.05, 4.69) is 13.8 Å². The minimum atomic E-state index is -0.793. The number of carbonyl (C=O) groups excluding carboxylic acids is 1. The molecule has 16 heavy (non-hydrogen) atoms. The molecule has 0 spiro atoms. The van der Waals surface area contributed by atoms with Gasteiger partial charge in [0.1, 0.15) is 0 Å². The Balaban J connectivity index is 2.39. The van der Waals surface area contributed by atoms with Gasteiger partial charge in [-0.1, -0.05) is 13.3 Å². The van der Waals surface area contributed by atoms with Gasteiger partial charge in [0.05, 0.1) is 11.6 Å². The van der Waals surface area contributed by atoms with E-state index in [1.807, 2.05) is 0 Å². The maximum absolute atomic E-state index is 11.3. The fraction of sp³-hybridized carbons (Fsp3) is 0.917. The lowest BCUT2D eigenvalue weighted by Gasteiger charge is -2.28. The van der Waals surface area contributed by atoms with Crippen LogP contribution in [-0.4, -0.2) is 24.2 Å². The number of hydrogen-bond donors (Lipinski definition) is 2. The zero-order valence-electron chi connectivity index (χ0n) is 10.4. The van der Waals surface area contributed by atoms with Gasteiger partial charge in [-0.15, -0.1) is 0 Å². The van der Waals surface area contributed by atoms with Crippen LogP contribution in [0.15, 0.2) is 0 Å².